The average molecular weight is 241 g/mol. The van der Waals surface area contributed by atoms with Crippen LogP contribution in [0.15, 0.2) is 30.6 Å². The highest BCUT2D eigenvalue weighted by molar-refractivity contribution is 5.56. The van der Waals surface area contributed by atoms with Crippen molar-refractivity contribution in [2.45, 2.75) is 19.8 Å². The standard InChI is InChI=1S/C14H12FN3/c1-2-3-10-8-17-14(18-9-10)11-4-5-12(7-16)13(15)6-11/h4-6,8-9H,2-3H2,1H3. The molecule has 1 aromatic carbocycles. The second-order valence-electron chi connectivity index (χ2n) is 3.97. The first-order chi connectivity index (χ1) is 8.74. The van der Waals surface area contributed by atoms with Crippen LogP contribution in [0.25, 0.3) is 11.4 Å². The Bertz CT molecular complexity index is 585. The van der Waals surface area contributed by atoms with Crippen molar-refractivity contribution in [3.63, 3.8) is 0 Å². The van der Waals surface area contributed by atoms with Crippen LogP contribution in [-0.4, -0.2) is 9.97 Å². The molecule has 1 aromatic heterocycles. The lowest BCUT2D eigenvalue weighted by Crippen LogP contribution is -1.93. The van der Waals surface area contributed by atoms with E-state index in [1.807, 2.05) is 0 Å². The fourth-order valence-electron chi connectivity index (χ4n) is 1.67. The van der Waals surface area contributed by atoms with E-state index in [9.17, 15) is 4.39 Å². The lowest BCUT2D eigenvalue weighted by atomic mass is 10.1. The summed E-state index contributed by atoms with van der Waals surface area (Å²) in [6, 6.07) is 6.16. The summed E-state index contributed by atoms with van der Waals surface area (Å²) in [5.74, 6) is -0.0746. The van der Waals surface area contributed by atoms with Crippen LogP contribution in [0.4, 0.5) is 4.39 Å². The van der Waals surface area contributed by atoms with Crippen LogP contribution in [0.3, 0.4) is 0 Å². The summed E-state index contributed by atoms with van der Waals surface area (Å²) in [6.45, 7) is 2.09. The van der Waals surface area contributed by atoms with E-state index >= 15 is 0 Å². The van der Waals surface area contributed by atoms with E-state index in [1.54, 1.807) is 24.5 Å². The summed E-state index contributed by atoms with van der Waals surface area (Å²) >= 11 is 0. The Labute approximate surface area is 105 Å². The molecule has 0 amide bonds. The Morgan fingerprint density at radius 1 is 1.28 bits per heavy atom. The first-order valence-corrected chi connectivity index (χ1v) is 5.75. The van der Waals surface area contributed by atoms with Crippen LogP contribution in [0.1, 0.15) is 24.5 Å². The lowest BCUT2D eigenvalue weighted by molar-refractivity contribution is 0.624. The Morgan fingerprint density at radius 2 is 2.00 bits per heavy atom. The summed E-state index contributed by atoms with van der Waals surface area (Å²) < 4.78 is 13.5. The largest absolute Gasteiger partial charge is 0.236 e. The van der Waals surface area contributed by atoms with Gasteiger partial charge in [0.05, 0.1) is 5.56 Å². The van der Waals surface area contributed by atoms with Gasteiger partial charge in [-0.2, -0.15) is 5.26 Å². The Morgan fingerprint density at radius 3 is 2.56 bits per heavy atom. The molecule has 0 radical (unpaired) electrons. The molecule has 0 aliphatic heterocycles. The number of hydrogen-bond acceptors (Lipinski definition) is 3. The fourth-order valence-corrected chi connectivity index (χ4v) is 1.67. The first kappa shape index (κ1) is 12.2. The molecule has 90 valence electrons. The van der Waals surface area contributed by atoms with Crippen molar-refractivity contribution < 1.29 is 4.39 Å². The van der Waals surface area contributed by atoms with Gasteiger partial charge in [0.15, 0.2) is 5.82 Å². The predicted molar refractivity (Wildman–Crippen MR) is 66.1 cm³/mol. The molecule has 3 nitrogen and oxygen atoms in total. The van der Waals surface area contributed by atoms with Gasteiger partial charge in [-0.15, -0.1) is 0 Å². The van der Waals surface area contributed by atoms with Crippen molar-refractivity contribution >= 4 is 0 Å². The Balaban J connectivity index is 2.31. The van der Waals surface area contributed by atoms with Gasteiger partial charge in [-0.25, -0.2) is 14.4 Å². The number of aryl methyl sites for hydroxylation is 1. The average Bonchev–Trinajstić information content (AvgIpc) is 2.40. The second-order valence-corrected chi connectivity index (χ2v) is 3.97. The summed E-state index contributed by atoms with van der Waals surface area (Å²) in [5.41, 5.74) is 1.67. The number of benzene rings is 1. The van der Waals surface area contributed by atoms with Crippen LogP contribution >= 0.6 is 0 Å². The van der Waals surface area contributed by atoms with Crippen LogP contribution < -0.4 is 0 Å². The zero-order valence-electron chi connectivity index (χ0n) is 10.0. The zero-order valence-corrected chi connectivity index (χ0v) is 10.0. The zero-order chi connectivity index (χ0) is 13.0. The molecule has 0 aliphatic carbocycles. The van der Waals surface area contributed by atoms with Crippen molar-refractivity contribution in [1.82, 2.24) is 9.97 Å². The first-order valence-electron chi connectivity index (χ1n) is 5.75. The van der Waals surface area contributed by atoms with Crippen molar-refractivity contribution in [2.75, 3.05) is 0 Å². The second kappa shape index (κ2) is 5.37. The van der Waals surface area contributed by atoms with Crippen molar-refractivity contribution in [3.8, 4) is 17.5 Å². The molecule has 0 saturated heterocycles. The van der Waals surface area contributed by atoms with Crippen LogP contribution in [0, 0.1) is 17.1 Å². The maximum atomic E-state index is 13.5. The number of halogens is 1. The molecule has 2 rings (SSSR count). The number of nitriles is 1. The van der Waals surface area contributed by atoms with E-state index in [2.05, 4.69) is 16.9 Å². The minimum atomic E-state index is -0.545. The number of nitrogens with zero attached hydrogens (tertiary/aromatic N) is 3. The third-order valence-electron chi connectivity index (χ3n) is 2.59. The van der Waals surface area contributed by atoms with Crippen molar-refractivity contribution in [1.29, 1.82) is 5.26 Å². The fraction of sp³-hybridized carbons (Fsp3) is 0.214. The van der Waals surface area contributed by atoms with Gasteiger partial charge in [-0.1, -0.05) is 13.3 Å². The van der Waals surface area contributed by atoms with Crippen LogP contribution in [-0.2, 0) is 6.42 Å². The van der Waals surface area contributed by atoms with E-state index in [0.717, 1.165) is 18.4 Å². The molecular formula is C14H12FN3. The topological polar surface area (TPSA) is 49.6 Å². The van der Waals surface area contributed by atoms with E-state index in [0.29, 0.717) is 11.4 Å². The highest BCUT2D eigenvalue weighted by Gasteiger charge is 2.06. The Hall–Kier alpha value is -2.28. The third-order valence-corrected chi connectivity index (χ3v) is 2.59. The molecule has 0 N–H and O–H groups in total. The summed E-state index contributed by atoms with van der Waals surface area (Å²) in [6.07, 6.45) is 5.47. The summed E-state index contributed by atoms with van der Waals surface area (Å²) in [5, 5.41) is 8.65. The molecule has 0 atom stereocenters. The molecule has 0 bridgehead atoms. The smallest absolute Gasteiger partial charge is 0.159 e. The molecule has 1 heterocycles. The monoisotopic (exact) mass is 241 g/mol. The van der Waals surface area contributed by atoms with Gasteiger partial charge in [-0.3, -0.25) is 0 Å². The van der Waals surface area contributed by atoms with Gasteiger partial charge in [0.25, 0.3) is 0 Å². The Kier molecular flexibility index (Phi) is 3.63. The molecule has 2 aromatic rings. The molecule has 0 unspecified atom stereocenters. The SMILES string of the molecule is CCCc1cnc(-c2ccc(C#N)c(F)c2)nc1. The minimum absolute atomic E-state index is 0.0290. The molecule has 0 spiro atoms. The number of hydrogen-bond donors (Lipinski definition) is 0. The van der Waals surface area contributed by atoms with Crippen molar-refractivity contribution in [3.05, 3.63) is 47.5 Å². The third kappa shape index (κ3) is 2.51. The predicted octanol–water partition coefficient (Wildman–Crippen LogP) is 3.11. The van der Waals surface area contributed by atoms with Gasteiger partial charge in [0.1, 0.15) is 11.9 Å². The molecule has 0 aliphatic rings. The number of aromatic nitrogens is 2. The molecule has 18 heavy (non-hydrogen) atoms. The summed E-state index contributed by atoms with van der Waals surface area (Å²) in [7, 11) is 0. The highest BCUT2D eigenvalue weighted by Crippen LogP contribution is 2.18. The summed E-state index contributed by atoms with van der Waals surface area (Å²) in [4.78, 5) is 8.41. The molecule has 0 fully saturated rings. The van der Waals surface area contributed by atoms with E-state index in [4.69, 9.17) is 5.26 Å². The maximum Gasteiger partial charge on any atom is 0.159 e. The van der Waals surface area contributed by atoms with Crippen molar-refractivity contribution in [2.24, 2.45) is 0 Å². The normalized spacial score (nSPS) is 10.1. The quantitative estimate of drug-likeness (QED) is 0.829. The van der Waals surface area contributed by atoms with Crippen LogP contribution in [0.2, 0.25) is 0 Å². The molecule has 4 heteroatoms. The van der Waals surface area contributed by atoms with Gasteiger partial charge >= 0.3 is 0 Å². The minimum Gasteiger partial charge on any atom is -0.236 e. The van der Waals surface area contributed by atoms with Gasteiger partial charge in [0, 0.05) is 18.0 Å². The highest BCUT2D eigenvalue weighted by atomic mass is 19.1. The maximum absolute atomic E-state index is 13.5. The molecular weight excluding hydrogens is 229 g/mol. The number of rotatable bonds is 3. The lowest BCUT2D eigenvalue weighted by Gasteiger charge is -2.02. The van der Waals surface area contributed by atoms with Crippen LogP contribution in [0.5, 0.6) is 0 Å². The van der Waals surface area contributed by atoms with Gasteiger partial charge < -0.3 is 0 Å². The van der Waals surface area contributed by atoms with Gasteiger partial charge in [0.2, 0.25) is 0 Å². The van der Waals surface area contributed by atoms with E-state index in [1.165, 1.54) is 12.1 Å². The van der Waals surface area contributed by atoms with Gasteiger partial charge in [-0.05, 0) is 30.2 Å². The van der Waals surface area contributed by atoms with E-state index in [-0.39, 0.29) is 5.56 Å². The molecule has 0 saturated carbocycles. The van der Waals surface area contributed by atoms with E-state index < -0.39 is 5.82 Å².